The minimum absolute atomic E-state index is 0.0422. The molecule has 0 aromatic heterocycles. The molecule has 0 bridgehead atoms. The van der Waals surface area contributed by atoms with Crippen LogP contribution in [-0.2, 0) is 67.0 Å². The highest BCUT2D eigenvalue weighted by atomic mass is 32.8. The van der Waals surface area contributed by atoms with Gasteiger partial charge in [0.2, 0.25) is 0 Å². The lowest BCUT2D eigenvalue weighted by Gasteiger charge is -2.44. The summed E-state index contributed by atoms with van der Waals surface area (Å²) >= 11 is 4.69. The van der Waals surface area contributed by atoms with Crippen LogP contribution in [0.25, 0.3) is 0 Å². The van der Waals surface area contributed by atoms with E-state index in [1.807, 2.05) is 0 Å². The van der Waals surface area contributed by atoms with Crippen molar-refractivity contribution in [1.82, 2.24) is 0 Å². The summed E-state index contributed by atoms with van der Waals surface area (Å²) in [6.07, 6.45) is -4.33. The topological polar surface area (TPSA) is 141 Å². The first-order chi connectivity index (χ1) is 13.8. The smallest absolute Gasteiger partial charge is 0.303 e. The van der Waals surface area contributed by atoms with E-state index in [0.29, 0.717) is 0 Å². The van der Waals surface area contributed by atoms with Gasteiger partial charge in [0.15, 0.2) is 18.3 Å². The molecule has 1 fully saturated rings. The number of rotatable bonds is 9. The molecule has 0 aliphatic carbocycles. The van der Waals surface area contributed by atoms with Crippen molar-refractivity contribution in [3.63, 3.8) is 0 Å². The molecule has 0 saturated carbocycles. The Kier molecular flexibility index (Phi) is 10.1. The van der Waals surface area contributed by atoms with Gasteiger partial charge in [0.05, 0.1) is 6.61 Å². The van der Waals surface area contributed by atoms with Gasteiger partial charge < -0.3 is 23.7 Å². The molecule has 0 aromatic rings. The predicted octanol–water partition coefficient (Wildman–Crippen LogP) is -0.190. The molecule has 1 rings (SSSR count). The fraction of sp³-hybridized carbons (Fsp3) is 0.765. The molecule has 11 nitrogen and oxygen atoms in total. The number of hydrogen-bond donors (Lipinski definition) is 0. The van der Waals surface area contributed by atoms with Crippen LogP contribution in [0.2, 0.25) is 0 Å². The first-order valence-corrected chi connectivity index (χ1v) is 11.8. The minimum atomic E-state index is -2.91. The average molecular weight is 471 g/mol. The van der Waals surface area contributed by atoms with Crippen LogP contribution in [0.3, 0.4) is 0 Å². The summed E-state index contributed by atoms with van der Waals surface area (Å²) in [5.41, 5.74) is 0. The molecule has 30 heavy (non-hydrogen) atoms. The van der Waals surface area contributed by atoms with E-state index >= 15 is 0 Å². The van der Waals surface area contributed by atoms with Gasteiger partial charge in [-0.2, -0.15) is 0 Å². The molecule has 6 atom stereocenters. The van der Waals surface area contributed by atoms with Crippen molar-refractivity contribution in [2.45, 2.75) is 64.6 Å². The summed E-state index contributed by atoms with van der Waals surface area (Å²) in [5, 5.41) is 0. The van der Waals surface area contributed by atoms with Gasteiger partial charge in [-0.1, -0.05) is 0 Å². The summed E-state index contributed by atoms with van der Waals surface area (Å²) in [5.74, 6) is -2.74. The van der Waals surface area contributed by atoms with Crippen molar-refractivity contribution in [1.29, 1.82) is 0 Å². The quantitative estimate of drug-likeness (QED) is 0.326. The molecule has 1 aliphatic heterocycles. The average Bonchev–Trinajstić information content (AvgIpc) is 2.55. The molecule has 0 radical (unpaired) electrons. The van der Waals surface area contributed by atoms with Gasteiger partial charge in [-0.3, -0.25) is 23.4 Å². The molecule has 1 heterocycles. The first kappa shape index (κ1) is 26.2. The van der Waals surface area contributed by atoms with E-state index in [-0.39, 0.29) is 19.6 Å². The van der Waals surface area contributed by atoms with Crippen molar-refractivity contribution in [3.05, 3.63) is 0 Å². The molecular formula is C17H26O11S2. The van der Waals surface area contributed by atoms with Crippen LogP contribution in [0.1, 0.15) is 34.1 Å². The van der Waals surface area contributed by atoms with E-state index in [4.69, 9.17) is 27.9 Å². The maximum Gasteiger partial charge on any atom is 0.303 e. The zero-order chi connectivity index (χ0) is 23.1. The summed E-state index contributed by atoms with van der Waals surface area (Å²) in [6.45, 7) is 4.16. The van der Waals surface area contributed by atoms with Gasteiger partial charge in [0.1, 0.15) is 27.6 Å². The van der Waals surface area contributed by atoms with E-state index < -0.39 is 63.2 Å². The third-order valence-corrected chi connectivity index (χ3v) is 4.67. The van der Waals surface area contributed by atoms with E-state index in [1.54, 1.807) is 0 Å². The van der Waals surface area contributed by atoms with Gasteiger partial charge in [-0.15, -0.1) is 0 Å². The number of carbonyl (C=O) groups is 4. The van der Waals surface area contributed by atoms with E-state index in [0.717, 1.165) is 20.8 Å². The third kappa shape index (κ3) is 9.32. The van der Waals surface area contributed by atoms with Crippen LogP contribution in [0, 0.1) is 0 Å². The Balaban J connectivity index is 3.25. The Morgan fingerprint density at radius 1 is 0.833 bits per heavy atom. The Hall–Kier alpha value is -1.83. The van der Waals surface area contributed by atoms with Gasteiger partial charge in [0.25, 0.3) is 0 Å². The Bertz CT molecular complexity index is 749. The zero-order valence-corrected chi connectivity index (χ0v) is 18.9. The van der Waals surface area contributed by atoms with Crippen molar-refractivity contribution in [2.24, 2.45) is 0 Å². The van der Waals surface area contributed by atoms with Gasteiger partial charge >= 0.3 is 23.9 Å². The molecule has 172 valence electrons. The standard InChI is InChI=1S/C17H26O11S2/c1-9(18)23-8-14-16(26-11(3)20)17(27-12(4)21)15(25-10(2)19)13(28-14)6-7-24-30(5,22)29/h13-17H,6-8H2,1-5H3/t13-,14+,15-,16+,17+,30?/m0/s1. The largest absolute Gasteiger partial charge is 0.463 e. The fourth-order valence-corrected chi connectivity index (χ4v) is 3.47. The predicted molar refractivity (Wildman–Crippen MR) is 104 cm³/mol. The summed E-state index contributed by atoms with van der Waals surface area (Å²) < 4.78 is 43.3. The van der Waals surface area contributed by atoms with Crippen LogP contribution < -0.4 is 0 Å². The highest BCUT2D eigenvalue weighted by molar-refractivity contribution is 8.29. The molecule has 13 heteroatoms. The monoisotopic (exact) mass is 470 g/mol. The number of hydrogen-bond acceptors (Lipinski definition) is 12. The number of carbonyl (C=O) groups excluding carboxylic acids is 4. The van der Waals surface area contributed by atoms with Gasteiger partial charge in [-0.05, 0) is 0 Å². The van der Waals surface area contributed by atoms with Crippen LogP contribution in [0.15, 0.2) is 0 Å². The summed E-state index contributed by atoms with van der Waals surface area (Å²) in [6, 6.07) is 0. The normalized spacial score (nSPS) is 28.0. The minimum Gasteiger partial charge on any atom is -0.463 e. The van der Waals surface area contributed by atoms with Crippen molar-refractivity contribution >= 4 is 43.8 Å². The molecule has 0 spiro atoms. The van der Waals surface area contributed by atoms with Crippen LogP contribution in [-0.4, -0.2) is 78.1 Å². The Labute approximate surface area is 179 Å². The second-order valence-electron chi connectivity index (χ2n) is 6.55. The maximum atomic E-state index is 11.7. The molecule has 0 aromatic carbocycles. The van der Waals surface area contributed by atoms with Gasteiger partial charge in [0, 0.05) is 51.6 Å². The van der Waals surface area contributed by atoms with Crippen LogP contribution >= 0.6 is 0 Å². The maximum absolute atomic E-state index is 11.7. The highest BCUT2D eigenvalue weighted by Crippen LogP contribution is 2.30. The lowest BCUT2D eigenvalue weighted by Crippen LogP contribution is -2.62. The summed E-state index contributed by atoms with van der Waals surface area (Å²) in [7, 11) is -2.91. The molecule has 0 amide bonds. The molecule has 1 saturated heterocycles. The lowest BCUT2D eigenvalue weighted by atomic mass is 9.92. The Morgan fingerprint density at radius 3 is 1.73 bits per heavy atom. The zero-order valence-electron chi connectivity index (χ0n) is 17.3. The van der Waals surface area contributed by atoms with E-state index in [9.17, 15) is 23.4 Å². The molecule has 1 aliphatic rings. The highest BCUT2D eigenvalue weighted by Gasteiger charge is 2.51. The Morgan fingerprint density at radius 2 is 1.30 bits per heavy atom. The van der Waals surface area contributed by atoms with Gasteiger partial charge in [-0.25, -0.2) is 4.21 Å². The van der Waals surface area contributed by atoms with Crippen molar-refractivity contribution < 1.29 is 51.3 Å². The SMILES string of the molecule is CC(=O)OC[C@H]1O[C@@H](CCOS(C)(=O)=S)[C@H](OC(C)=O)[C@@H](OC(C)=O)[C@@H]1OC(C)=O. The van der Waals surface area contributed by atoms with Crippen LogP contribution in [0.4, 0.5) is 0 Å². The molecular weight excluding hydrogens is 444 g/mol. The lowest BCUT2D eigenvalue weighted by molar-refractivity contribution is -0.253. The van der Waals surface area contributed by atoms with Crippen LogP contribution in [0.5, 0.6) is 0 Å². The number of ether oxygens (including phenoxy) is 5. The summed E-state index contributed by atoms with van der Waals surface area (Å²) in [4.78, 5) is 46.2. The van der Waals surface area contributed by atoms with E-state index in [2.05, 4.69) is 11.2 Å². The van der Waals surface area contributed by atoms with E-state index in [1.165, 1.54) is 13.2 Å². The second kappa shape index (κ2) is 11.5. The second-order valence-corrected chi connectivity index (χ2v) is 10.0. The first-order valence-electron chi connectivity index (χ1n) is 8.95. The molecule has 0 N–H and O–H groups in total. The van der Waals surface area contributed by atoms with Crippen molar-refractivity contribution in [2.75, 3.05) is 19.5 Å². The van der Waals surface area contributed by atoms with Crippen molar-refractivity contribution in [3.8, 4) is 0 Å². The number of esters is 4. The molecule has 1 unspecified atom stereocenters. The fourth-order valence-electron chi connectivity index (χ4n) is 2.87. The third-order valence-electron chi connectivity index (χ3n) is 3.79.